The molecule has 46 heavy (non-hydrogen) atoms. The van der Waals surface area contributed by atoms with Crippen molar-refractivity contribution in [2.24, 2.45) is 0 Å². The van der Waals surface area contributed by atoms with Gasteiger partial charge in [-0.2, -0.15) is 0 Å². The number of rotatable bonds is 4. The van der Waals surface area contributed by atoms with Crippen LogP contribution in [0.4, 0.5) is 0 Å². The molecule has 0 atom stereocenters. The molecule has 0 spiro atoms. The van der Waals surface area contributed by atoms with Gasteiger partial charge in [0.25, 0.3) is 0 Å². The Bertz CT molecular complexity index is 2450. The molecule has 216 valence electrons. The van der Waals surface area contributed by atoms with E-state index in [1.807, 2.05) is 24.3 Å². The van der Waals surface area contributed by atoms with E-state index < -0.39 is 0 Å². The van der Waals surface area contributed by atoms with Crippen molar-refractivity contribution in [1.82, 2.24) is 0 Å². The summed E-state index contributed by atoms with van der Waals surface area (Å²) in [5.74, 6) is 0.292. The molecule has 8 aromatic carbocycles. The standard InChI is InChI=1S/C45H30O/c46-45-21-20-38(25-42(45)31-10-2-1-3-11-31)41-27-39(35-17-15-30-9-5-7-13-33(30)23-35)28-44-40-24-36(18-19-37(40)26-43(41)44)34-16-14-29-8-4-6-12-32(29)22-34/h1-25,27-28,46H,26H2. The van der Waals surface area contributed by atoms with Crippen LogP contribution in [0.1, 0.15) is 11.1 Å². The van der Waals surface area contributed by atoms with Crippen LogP contribution in [0.15, 0.2) is 164 Å². The minimum Gasteiger partial charge on any atom is -0.507 e. The molecule has 8 aromatic rings. The van der Waals surface area contributed by atoms with Crippen LogP contribution >= 0.6 is 0 Å². The summed E-state index contributed by atoms with van der Waals surface area (Å²) >= 11 is 0. The highest BCUT2D eigenvalue weighted by molar-refractivity contribution is 5.95. The van der Waals surface area contributed by atoms with Crippen molar-refractivity contribution in [1.29, 1.82) is 0 Å². The molecule has 0 heterocycles. The zero-order valence-corrected chi connectivity index (χ0v) is 25.2. The van der Waals surface area contributed by atoms with E-state index in [2.05, 4.69) is 140 Å². The van der Waals surface area contributed by atoms with Crippen LogP contribution in [0.25, 0.3) is 77.2 Å². The predicted molar refractivity (Wildman–Crippen MR) is 193 cm³/mol. The fourth-order valence-electron chi connectivity index (χ4n) is 7.17. The Morgan fingerprint density at radius 2 is 0.848 bits per heavy atom. The van der Waals surface area contributed by atoms with Crippen molar-refractivity contribution < 1.29 is 5.11 Å². The Morgan fingerprint density at radius 3 is 1.57 bits per heavy atom. The summed E-state index contributed by atoms with van der Waals surface area (Å²) in [6, 6.07) is 58.5. The van der Waals surface area contributed by atoms with Gasteiger partial charge in [-0.1, -0.05) is 121 Å². The molecule has 1 aliphatic carbocycles. The van der Waals surface area contributed by atoms with E-state index in [4.69, 9.17) is 0 Å². The Labute approximate surface area is 268 Å². The third-order valence-corrected chi connectivity index (χ3v) is 9.58. The molecule has 1 heteroatoms. The van der Waals surface area contributed by atoms with E-state index in [-0.39, 0.29) is 0 Å². The van der Waals surface area contributed by atoms with Crippen LogP contribution in [0.3, 0.4) is 0 Å². The molecule has 0 amide bonds. The summed E-state index contributed by atoms with van der Waals surface area (Å²) in [6.45, 7) is 0. The van der Waals surface area contributed by atoms with Crippen molar-refractivity contribution in [3.63, 3.8) is 0 Å². The summed E-state index contributed by atoms with van der Waals surface area (Å²) in [5, 5.41) is 15.9. The molecule has 0 unspecified atom stereocenters. The van der Waals surface area contributed by atoms with Crippen LogP contribution in [0.2, 0.25) is 0 Å². The maximum absolute atomic E-state index is 10.9. The van der Waals surface area contributed by atoms with E-state index in [9.17, 15) is 5.11 Å². The van der Waals surface area contributed by atoms with E-state index >= 15 is 0 Å². The van der Waals surface area contributed by atoms with Crippen molar-refractivity contribution in [3.05, 3.63) is 175 Å². The van der Waals surface area contributed by atoms with Crippen LogP contribution < -0.4 is 0 Å². The van der Waals surface area contributed by atoms with Gasteiger partial charge in [0.1, 0.15) is 5.75 Å². The third-order valence-electron chi connectivity index (χ3n) is 9.58. The zero-order valence-electron chi connectivity index (χ0n) is 25.2. The Kier molecular flexibility index (Phi) is 6.11. The highest BCUT2D eigenvalue weighted by Gasteiger charge is 2.24. The number of hydrogen-bond donors (Lipinski definition) is 1. The van der Waals surface area contributed by atoms with Gasteiger partial charge in [0, 0.05) is 5.56 Å². The lowest BCUT2D eigenvalue weighted by atomic mass is 9.89. The Balaban J connectivity index is 1.24. The van der Waals surface area contributed by atoms with Gasteiger partial charge in [-0.15, -0.1) is 0 Å². The normalized spacial score (nSPS) is 11.9. The summed E-state index contributed by atoms with van der Waals surface area (Å²) in [5.41, 5.74) is 14.3. The van der Waals surface area contributed by atoms with E-state index in [0.29, 0.717) is 5.75 Å². The first-order valence-electron chi connectivity index (χ1n) is 15.9. The van der Waals surface area contributed by atoms with Gasteiger partial charge in [-0.3, -0.25) is 0 Å². The monoisotopic (exact) mass is 586 g/mol. The SMILES string of the molecule is Oc1ccc(-c2cc(-c3ccc4ccccc4c3)cc3c2Cc2ccc(-c4ccc5ccccc5c4)cc2-3)cc1-c1ccccc1. The predicted octanol–water partition coefficient (Wildman–Crippen LogP) is 11.9. The number of hydrogen-bond acceptors (Lipinski definition) is 1. The van der Waals surface area contributed by atoms with E-state index in [1.165, 1.54) is 71.6 Å². The molecule has 0 bridgehead atoms. The average Bonchev–Trinajstić information content (AvgIpc) is 3.49. The minimum absolute atomic E-state index is 0.292. The molecule has 0 fully saturated rings. The zero-order chi connectivity index (χ0) is 30.6. The molecule has 0 aromatic heterocycles. The molecule has 0 aliphatic heterocycles. The van der Waals surface area contributed by atoms with E-state index in [1.54, 1.807) is 0 Å². The Hall–Kier alpha value is -5.92. The van der Waals surface area contributed by atoms with Gasteiger partial charge < -0.3 is 5.11 Å². The summed E-state index contributed by atoms with van der Waals surface area (Å²) in [7, 11) is 0. The highest BCUT2D eigenvalue weighted by Crippen LogP contribution is 2.47. The molecule has 1 aliphatic rings. The molecular weight excluding hydrogens is 556 g/mol. The Morgan fingerprint density at radius 1 is 0.326 bits per heavy atom. The van der Waals surface area contributed by atoms with E-state index in [0.717, 1.165) is 23.1 Å². The lowest BCUT2D eigenvalue weighted by Crippen LogP contribution is -1.92. The van der Waals surface area contributed by atoms with Crippen molar-refractivity contribution >= 4 is 21.5 Å². The number of benzene rings is 8. The topological polar surface area (TPSA) is 20.2 Å². The molecule has 1 nitrogen and oxygen atoms in total. The molecular formula is C45H30O. The lowest BCUT2D eigenvalue weighted by Gasteiger charge is -2.15. The summed E-state index contributed by atoms with van der Waals surface area (Å²) in [6.07, 6.45) is 0.873. The first kappa shape index (κ1) is 26.5. The summed E-state index contributed by atoms with van der Waals surface area (Å²) in [4.78, 5) is 0. The largest absolute Gasteiger partial charge is 0.507 e. The molecule has 9 rings (SSSR count). The molecule has 0 saturated heterocycles. The molecule has 1 N–H and O–H groups in total. The second-order valence-electron chi connectivity index (χ2n) is 12.3. The minimum atomic E-state index is 0.292. The number of phenolic OH excluding ortho intramolecular Hbond substituents is 1. The summed E-state index contributed by atoms with van der Waals surface area (Å²) < 4.78 is 0. The fraction of sp³-hybridized carbons (Fsp3) is 0.0222. The number of aromatic hydroxyl groups is 1. The smallest absolute Gasteiger partial charge is 0.123 e. The quantitative estimate of drug-likeness (QED) is 0.217. The van der Waals surface area contributed by atoms with Crippen LogP contribution in [0, 0.1) is 0 Å². The fourth-order valence-corrected chi connectivity index (χ4v) is 7.17. The third kappa shape index (κ3) is 4.48. The van der Waals surface area contributed by atoms with Gasteiger partial charge in [-0.05, 0) is 132 Å². The highest BCUT2D eigenvalue weighted by atomic mass is 16.3. The van der Waals surface area contributed by atoms with Gasteiger partial charge in [0.05, 0.1) is 0 Å². The first-order chi connectivity index (χ1) is 22.7. The van der Waals surface area contributed by atoms with Gasteiger partial charge in [0.2, 0.25) is 0 Å². The van der Waals surface area contributed by atoms with Crippen LogP contribution in [-0.4, -0.2) is 5.11 Å². The molecule has 0 saturated carbocycles. The lowest BCUT2D eigenvalue weighted by molar-refractivity contribution is 0.477. The second kappa shape index (κ2) is 10.6. The van der Waals surface area contributed by atoms with Gasteiger partial charge in [-0.25, -0.2) is 0 Å². The molecule has 0 radical (unpaired) electrons. The first-order valence-corrected chi connectivity index (χ1v) is 15.9. The van der Waals surface area contributed by atoms with Crippen LogP contribution in [0.5, 0.6) is 5.75 Å². The number of phenols is 1. The van der Waals surface area contributed by atoms with Crippen molar-refractivity contribution in [3.8, 4) is 61.4 Å². The maximum Gasteiger partial charge on any atom is 0.123 e. The average molecular weight is 587 g/mol. The van der Waals surface area contributed by atoms with Crippen molar-refractivity contribution in [2.45, 2.75) is 6.42 Å². The van der Waals surface area contributed by atoms with Crippen molar-refractivity contribution in [2.75, 3.05) is 0 Å². The number of fused-ring (bicyclic) bond motifs is 5. The second-order valence-corrected chi connectivity index (χ2v) is 12.3. The van der Waals surface area contributed by atoms with Gasteiger partial charge >= 0.3 is 0 Å². The van der Waals surface area contributed by atoms with Gasteiger partial charge in [0.15, 0.2) is 0 Å². The van der Waals surface area contributed by atoms with Crippen LogP contribution in [-0.2, 0) is 6.42 Å². The maximum atomic E-state index is 10.9.